The fourth-order valence-electron chi connectivity index (χ4n) is 2.86. The van der Waals surface area contributed by atoms with E-state index in [2.05, 4.69) is 5.32 Å². The summed E-state index contributed by atoms with van der Waals surface area (Å²) < 4.78 is 32.6. The van der Waals surface area contributed by atoms with Gasteiger partial charge in [0.05, 0.1) is 4.90 Å². The van der Waals surface area contributed by atoms with Crippen molar-refractivity contribution in [2.75, 3.05) is 25.0 Å². The number of hydrogen-bond acceptors (Lipinski definition) is 4. The van der Waals surface area contributed by atoms with Crippen LogP contribution in [0.25, 0.3) is 0 Å². The van der Waals surface area contributed by atoms with Crippen molar-refractivity contribution in [1.29, 1.82) is 0 Å². The van der Waals surface area contributed by atoms with Crippen molar-refractivity contribution < 1.29 is 17.9 Å². The topological polar surface area (TPSA) is 75.7 Å². The standard InChI is InChI=1S/C22H30N2O4S/c1-5-13-24(14-6-2)29(26,27)21-11-8-19(9-12-21)23-22(25)16-28-20-10-7-17(3)18(4)15-20/h7-12,15H,5-6,13-14,16H2,1-4H3,(H,23,25). The van der Waals surface area contributed by atoms with Crippen molar-refractivity contribution in [3.8, 4) is 5.75 Å². The number of carbonyl (C=O) groups excluding carboxylic acids is 1. The molecule has 0 fully saturated rings. The van der Waals surface area contributed by atoms with E-state index in [1.165, 1.54) is 16.4 Å². The number of benzene rings is 2. The Morgan fingerprint density at radius 1 is 0.966 bits per heavy atom. The van der Waals surface area contributed by atoms with Crippen LogP contribution in [0.3, 0.4) is 0 Å². The number of anilines is 1. The molecular weight excluding hydrogens is 388 g/mol. The van der Waals surface area contributed by atoms with Gasteiger partial charge >= 0.3 is 0 Å². The quantitative estimate of drug-likeness (QED) is 0.629. The number of sulfonamides is 1. The van der Waals surface area contributed by atoms with Crippen LogP contribution in [-0.2, 0) is 14.8 Å². The normalized spacial score (nSPS) is 11.5. The van der Waals surface area contributed by atoms with Crippen LogP contribution in [0, 0.1) is 13.8 Å². The molecule has 29 heavy (non-hydrogen) atoms. The van der Waals surface area contributed by atoms with Gasteiger partial charge in [-0.15, -0.1) is 0 Å². The number of carbonyl (C=O) groups is 1. The van der Waals surface area contributed by atoms with E-state index in [0.717, 1.165) is 24.0 Å². The van der Waals surface area contributed by atoms with Crippen LogP contribution in [-0.4, -0.2) is 38.3 Å². The predicted octanol–water partition coefficient (Wildman–Crippen LogP) is 4.13. The third-order valence-electron chi connectivity index (χ3n) is 4.57. The Morgan fingerprint density at radius 2 is 1.59 bits per heavy atom. The summed E-state index contributed by atoms with van der Waals surface area (Å²) in [6.07, 6.45) is 1.52. The molecule has 2 rings (SSSR count). The molecule has 2 aromatic carbocycles. The summed E-state index contributed by atoms with van der Waals surface area (Å²) in [4.78, 5) is 12.4. The largest absolute Gasteiger partial charge is 0.484 e. The van der Waals surface area contributed by atoms with Crippen molar-refractivity contribution in [2.24, 2.45) is 0 Å². The molecule has 7 heteroatoms. The zero-order chi connectivity index (χ0) is 21.4. The highest BCUT2D eigenvalue weighted by Gasteiger charge is 2.22. The molecule has 1 amide bonds. The molecule has 2 aromatic rings. The van der Waals surface area contributed by atoms with Crippen LogP contribution in [0.15, 0.2) is 47.4 Å². The molecule has 0 heterocycles. The molecule has 0 aliphatic rings. The molecule has 0 radical (unpaired) electrons. The van der Waals surface area contributed by atoms with E-state index >= 15 is 0 Å². The number of aryl methyl sites for hydroxylation is 2. The molecule has 0 spiro atoms. The number of rotatable bonds is 10. The number of nitrogens with one attached hydrogen (secondary N) is 1. The summed E-state index contributed by atoms with van der Waals surface area (Å²) in [5.74, 6) is 0.328. The van der Waals surface area contributed by atoms with Crippen molar-refractivity contribution in [1.82, 2.24) is 4.31 Å². The van der Waals surface area contributed by atoms with E-state index in [0.29, 0.717) is 24.5 Å². The molecule has 0 atom stereocenters. The van der Waals surface area contributed by atoms with Gasteiger partial charge in [-0.25, -0.2) is 8.42 Å². The van der Waals surface area contributed by atoms with Gasteiger partial charge < -0.3 is 10.1 Å². The van der Waals surface area contributed by atoms with Gasteiger partial charge in [0.25, 0.3) is 5.91 Å². The molecule has 0 aromatic heterocycles. The number of amides is 1. The molecule has 0 bridgehead atoms. The first-order valence-electron chi connectivity index (χ1n) is 9.88. The molecule has 1 N–H and O–H groups in total. The maximum Gasteiger partial charge on any atom is 0.262 e. The van der Waals surface area contributed by atoms with Crippen LogP contribution in [0.4, 0.5) is 5.69 Å². The fourth-order valence-corrected chi connectivity index (χ4v) is 4.48. The second kappa shape index (κ2) is 10.4. The Balaban J connectivity index is 1.98. The predicted molar refractivity (Wildman–Crippen MR) is 116 cm³/mol. The minimum absolute atomic E-state index is 0.122. The van der Waals surface area contributed by atoms with Crippen molar-refractivity contribution in [3.63, 3.8) is 0 Å². The van der Waals surface area contributed by atoms with Gasteiger partial charge in [0.2, 0.25) is 10.0 Å². The lowest BCUT2D eigenvalue weighted by Crippen LogP contribution is -2.32. The minimum atomic E-state index is -3.53. The van der Waals surface area contributed by atoms with E-state index in [-0.39, 0.29) is 17.4 Å². The maximum absolute atomic E-state index is 12.8. The Kier molecular flexibility index (Phi) is 8.22. The Hall–Kier alpha value is -2.38. The fraction of sp³-hybridized carbons (Fsp3) is 0.409. The lowest BCUT2D eigenvalue weighted by molar-refractivity contribution is -0.118. The van der Waals surface area contributed by atoms with Crippen LogP contribution in [0.5, 0.6) is 5.75 Å². The second-order valence-corrected chi connectivity index (χ2v) is 8.95. The molecule has 0 aliphatic heterocycles. The van der Waals surface area contributed by atoms with Gasteiger partial charge in [0.1, 0.15) is 5.75 Å². The molecule has 0 unspecified atom stereocenters. The van der Waals surface area contributed by atoms with Crippen molar-refractivity contribution in [3.05, 3.63) is 53.6 Å². The van der Waals surface area contributed by atoms with Crippen LogP contribution >= 0.6 is 0 Å². The summed E-state index contributed by atoms with van der Waals surface area (Å²) in [6, 6.07) is 11.9. The smallest absolute Gasteiger partial charge is 0.262 e. The first-order chi connectivity index (χ1) is 13.8. The van der Waals surface area contributed by atoms with E-state index < -0.39 is 10.0 Å². The molecule has 0 aliphatic carbocycles. The highest BCUT2D eigenvalue weighted by atomic mass is 32.2. The average Bonchev–Trinajstić information content (AvgIpc) is 2.69. The van der Waals surface area contributed by atoms with Crippen LogP contribution in [0.1, 0.15) is 37.8 Å². The third-order valence-corrected chi connectivity index (χ3v) is 6.48. The second-order valence-electron chi connectivity index (χ2n) is 7.01. The molecule has 158 valence electrons. The van der Waals surface area contributed by atoms with Gasteiger partial charge in [-0.2, -0.15) is 4.31 Å². The minimum Gasteiger partial charge on any atom is -0.484 e. The van der Waals surface area contributed by atoms with Crippen molar-refractivity contribution >= 4 is 21.6 Å². The summed E-state index contributed by atoms with van der Waals surface area (Å²) in [5, 5.41) is 2.72. The van der Waals surface area contributed by atoms with Gasteiger partial charge in [-0.05, 0) is 74.2 Å². The highest BCUT2D eigenvalue weighted by Crippen LogP contribution is 2.20. The van der Waals surface area contributed by atoms with Crippen LogP contribution in [0.2, 0.25) is 0 Å². The number of nitrogens with zero attached hydrogens (tertiary/aromatic N) is 1. The maximum atomic E-state index is 12.8. The summed E-state index contributed by atoms with van der Waals surface area (Å²) in [5.41, 5.74) is 2.78. The first kappa shape index (κ1) is 22.9. The summed E-state index contributed by atoms with van der Waals surface area (Å²) >= 11 is 0. The highest BCUT2D eigenvalue weighted by molar-refractivity contribution is 7.89. The van der Waals surface area contributed by atoms with Crippen molar-refractivity contribution in [2.45, 2.75) is 45.4 Å². The van der Waals surface area contributed by atoms with E-state index in [4.69, 9.17) is 4.74 Å². The van der Waals surface area contributed by atoms with Gasteiger partial charge in [-0.3, -0.25) is 4.79 Å². The lowest BCUT2D eigenvalue weighted by Gasteiger charge is -2.21. The summed E-state index contributed by atoms with van der Waals surface area (Å²) in [6.45, 7) is 8.77. The van der Waals surface area contributed by atoms with Gasteiger partial charge in [0.15, 0.2) is 6.61 Å². The zero-order valence-corrected chi connectivity index (χ0v) is 18.4. The number of hydrogen-bond donors (Lipinski definition) is 1. The summed E-state index contributed by atoms with van der Waals surface area (Å²) in [7, 11) is -3.53. The Bertz CT molecular complexity index is 918. The molecule has 0 saturated heterocycles. The lowest BCUT2D eigenvalue weighted by atomic mass is 10.1. The van der Waals surface area contributed by atoms with E-state index in [9.17, 15) is 13.2 Å². The zero-order valence-electron chi connectivity index (χ0n) is 17.6. The first-order valence-corrected chi connectivity index (χ1v) is 11.3. The Morgan fingerprint density at radius 3 is 2.14 bits per heavy atom. The number of ether oxygens (including phenoxy) is 1. The van der Waals surface area contributed by atoms with E-state index in [1.54, 1.807) is 12.1 Å². The molecule has 6 nitrogen and oxygen atoms in total. The molecular formula is C22H30N2O4S. The average molecular weight is 419 g/mol. The van der Waals surface area contributed by atoms with Crippen LogP contribution < -0.4 is 10.1 Å². The van der Waals surface area contributed by atoms with E-state index in [1.807, 2.05) is 45.9 Å². The third kappa shape index (κ3) is 6.30. The van der Waals surface area contributed by atoms with Gasteiger partial charge in [-0.1, -0.05) is 19.9 Å². The van der Waals surface area contributed by atoms with Gasteiger partial charge in [0, 0.05) is 18.8 Å². The monoisotopic (exact) mass is 418 g/mol. The molecule has 0 saturated carbocycles. The SMILES string of the molecule is CCCN(CCC)S(=O)(=O)c1ccc(NC(=O)COc2ccc(C)c(C)c2)cc1. The Labute approximate surface area is 173 Å².